The SMILES string of the molecule is CC1CC(C(F)(F)F)N(C2CCC(CN3C(=N)N(C)C4CNC(C5CCCCC5C(C)C)NC43)CC2)N1. The summed E-state index contributed by atoms with van der Waals surface area (Å²) in [5.74, 6) is 2.99. The first-order valence-electron chi connectivity index (χ1n) is 14.7. The van der Waals surface area contributed by atoms with Crippen LogP contribution in [0.2, 0.25) is 0 Å². The Morgan fingerprint density at radius 1 is 1.05 bits per heavy atom. The Labute approximate surface area is 220 Å². The minimum Gasteiger partial charge on any atom is -0.338 e. The first kappa shape index (κ1) is 27.5. The van der Waals surface area contributed by atoms with Crippen LogP contribution in [0.5, 0.6) is 0 Å². The third-order valence-electron chi connectivity index (χ3n) is 10.2. The van der Waals surface area contributed by atoms with E-state index < -0.39 is 12.2 Å². The summed E-state index contributed by atoms with van der Waals surface area (Å²) < 4.78 is 40.9. The molecule has 2 aliphatic carbocycles. The molecule has 5 rings (SSSR count). The molecule has 0 aromatic rings. The van der Waals surface area contributed by atoms with Crippen molar-refractivity contribution < 1.29 is 13.2 Å². The zero-order chi connectivity index (χ0) is 26.5. The van der Waals surface area contributed by atoms with Gasteiger partial charge in [-0.3, -0.25) is 21.5 Å². The molecule has 4 N–H and O–H groups in total. The van der Waals surface area contributed by atoms with Crippen LogP contribution in [-0.2, 0) is 0 Å². The van der Waals surface area contributed by atoms with E-state index in [1.165, 1.54) is 30.7 Å². The summed E-state index contributed by atoms with van der Waals surface area (Å²) in [5, 5.41) is 18.1. The molecule has 3 aliphatic heterocycles. The maximum Gasteiger partial charge on any atom is 0.405 e. The van der Waals surface area contributed by atoms with Crippen molar-refractivity contribution in [3.05, 3.63) is 0 Å². The highest BCUT2D eigenvalue weighted by Crippen LogP contribution is 2.40. The molecule has 3 heterocycles. The van der Waals surface area contributed by atoms with Gasteiger partial charge in [-0.05, 0) is 75.5 Å². The smallest absolute Gasteiger partial charge is 0.338 e. The fourth-order valence-corrected chi connectivity index (χ4v) is 8.14. The van der Waals surface area contributed by atoms with E-state index in [-0.39, 0.29) is 36.9 Å². The first-order chi connectivity index (χ1) is 17.5. The Morgan fingerprint density at radius 3 is 2.43 bits per heavy atom. The molecule has 0 aromatic heterocycles. The van der Waals surface area contributed by atoms with Crippen molar-refractivity contribution in [2.75, 3.05) is 20.1 Å². The molecule has 10 heteroatoms. The lowest BCUT2D eigenvalue weighted by molar-refractivity contribution is -0.188. The summed E-state index contributed by atoms with van der Waals surface area (Å²) >= 11 is 0. The van der Waals surface area contributed by atoms with Gasteiger partial charge in [0, 0.05) is 32.2 Å². The maximum atomic E-state index is 13.6. The lowest BCUT2D eigenvalue weighted by Crippen LogP contribution is -2.67. The van der Waals surface area contributed by atoms with Crippen LogP contribution in [0, 0.1) is 29.1 Å². The van der Waals surface area contributed by atoms with Crippen molar-refractivity contribution in [1.29, 1.82) is 5.41 Å². The number of nitrogens with zero attached hydrogens (tertiary/aromatic N) is 3. The van der Waals surface area contributed by atoms with E-state index in [1.54, 1.807) is 0 Å². The minimum atomic E-state index is -4.19. The van der Waals surface area contributed by atoms with Gasteiger partial charge in [0.15, 0.2) is 5.96 Å². The number of hydrogen-bond donors (Lipinski definition) is 4. The van der Waals surface area contributed by atoms with E-state index in [4.69, 9.17) is 5.41 Å². The summed E-state index contributed by atoms with van der Waals surface area (Å²) in [6.45, 7) is 8.23. The Balaban J connectivity index is 1.20. The van der Waals surface area contributed by atoms with Gasteiger partial charge < -0.3 is 9.80 Å². The summed E-state index contributed by atoms with van der Waals surface area (Å²) in [7, 11) is 2.02. The van der Waals surface area contributed by atoms with Crippen molar-refractivity contribution in [1.82, 2.24) is 30.9 Å². The predicted octanol–water partition coefficient (Wildman–Crippen LogP) is 3.93. The Morgan fingerprint density at radius 2 is 1.76 bits per heavy atom. The predicted molar refractivity (Wildman–Crippen MR) is 140 cm³/mol. The van der Waals surface area contributed by atoms with Crippen molar-refractivity contribution in [3.8, 4) is 0 Å². The van der Waals surface area contributed by atoms with Crippen molar-refractivity contribution in [2.45, 2.75) is 121 Å². The maximum absolute atomic E-state index is 13.6. The molecule has 212 valence electrons. The topological polar surface area (TPSA) is 69.7 Å². The summed E-state index contributed by atoms with van der Waals surface area (Å²) in [6.07, 6.45) is 4.88. The molecule has 7 atom stereocenters. The van der Waals surface area contributed by atoms with Crippen LogP contribution in [0.3, 0.4) is 0 Å². The van der Waals surface area contributed by atoms with Crippen LogP contribution in [0.4, 0.5) is 13.2 Å². The number of rotatable bonds is 5. The second-order valence-electron chi connectivity index (χ2n) is 12.9. The van der Waals surface area contributed by atoms with E-state index in [1.807, 2.05) is 14.0 Å². The normalized spacial score (nSPS) is 42.1. The number of fused-ring (bicyclic) bond motifs is 1. The van der Waals surface area contributed by atoms with E-state index in [0.717, 1.165) is 44.7 Å². The molecule has 0 amide bonds. The quantitative estimate of drug-likeness (QED) is 0.435. The lowest BCUT2D eigenvalue weighted by Gasteiger charge is -2.46. The number of alkyl halides is 3. The fourth-order valence-electron chi connectivity index (χ4n) is 8.14. The van der Waals surface area contributed by atoms with Crippen LogP contribution in [0.25, 0.3) is 0 Å². The molecule has 2 saturated carbocycles. The average molecular weight is 528 g/mol. The second kappa shape index (κ2) is 10.8. The van der Waals surface area contributed by atoms with Crippen molar-refractivity contribution >= 4 is 5.96 Å². The Bertz CT molecular complexity index is 799. The molecular formula is C27H48F3N7. The van der Waals surface area contributed by atoms with Gasteiger partial charge >= 0.3 is 6.18 Å². The largest absolute Gasteiger partial charge is 0.405 e. The highest BCUT2D eigenvalue weighted by molar-refractivity contribution is 5.80. The van der Waals surface area contributed by atoms with Gasteiger partial charge in [0.1, 0.15) is 12.2 Å². The van der Waals surface area contributed by atoms with Gasteiger partial charge in [-0.2, -0.15) is 13.2 Å². The van der Waals surface area contributed by atoms with E-state index >= 15 is 0 Å². The number of likely N-dealkylation sites (N-methyl/N-ethyl adjacent to an activating group) is 1. The number of hydrazine groups is 1. The monoisotopic (exact) mass is 527 g/mol. The van der Waals surface area contributed by atoms with E-state index in [0.29, 0.717) is 23.7 Å². The van der Waals surface area contributed by atoms with Crippen LogP contribution in [0.1, 0.15) is 78.6 Å². The highest BCUT2D eigenvalue weighted by atomic mass is 19.4. The van der Waals surface area contributed by atoms with E-state index in [9.17, 15) is 13.2 Å². The molecule has 0 aromatic carbocycles. The van der Waals surface area contributed by atoms with Gasteiger partial charge in [-0.25, -0.2) is 5.01 Å². The van der Waals surface area contributed by atoms with Crippen LogP contribution in [0.15, 0.2) is 0 Å². The lowest BCUT2D eigenvalue weighted by atomic mass is 9.71. The number of hydrogen-bond acceptors (Lipinski definition) is 5. The second-order valence-corrected chi connectivity index (χ2v) is 12.9. The van der Waals surface area contributed by atoms with Crippen LogP contribution in [-0.4, -0.2) is 83.6 Å². The number of nitrogens with one attached hydrogen (secondary N) is 4. The standard InChI is InChI=1S/C27H48F3N7/c1-16(2)20-7-5-6-8-21(20)24-32-14-22-25(33-24)36(26(31)35(22)4)15-18-9-11-19(12-10-18)37-23(27(28,29)30)13-17(3)34-37/h16-25,31-34H,5-15H2,1-4H3. The molecular weight excluding hydrogens is 479 g/mol. The van der Waals surface area contributed by atoms with Gasteiger partial charge in [-0.15, -0.1) is 0 Å². The summed E-state index contributed by atoms with van der Waals surface area (Å²) in [5.41, 5.74) is 3.11. The third kappa shape index (κ3) is 5.50. The van der Waals surface area contributed by atoms with Gasteiger partial charge in [0.05, 0.1) is 12.2 Å². The fraction of sp³-hybridized carbons (Fsp3) is 0.963. The zero-order valence-electron chi connectivity index (χ0n) is 23.0. The van der Waals surface area contributed by atoms with Crippen molar-refractivity contribution in [3.63, 3.8) is 0 Å². The zero-order valence-corrected chi connectivity index (χ0v) is 23.0. The third-order valence-corrected chi connectivity index (χ3v) is 10.2. The summed E-state index contributed by atoms with van der Waals surface area (Å²) in [4.78, 5) is 4.35. The van der Waals surface area contributed by atoms with E-state index in [2.05, 4.69) is 39.7 Å². The minimum absolute atomic E-state index is 0.0677. The first-order valence-corrected chi connectivity index (χ1v) is 14.7. The van der Waals surface area contributed by atoms with Crippen LogP contribution < -0.4 is 16.1 Å². The molecule has 7 unspecified atom stereocenters. The number of halogens is 3. The highest BCUT2D eigenvalue weighted by Gasteiger charge is 2.51. The number of guanidine groups is 1. The average Bonchev–Trinajstić information content (AvgIpc) is 3.38. The van der Waals surface area contributed by atoms with Crippen LogP contribution >= 0.6 is 0 Å². The van der Waals surface area contributed by atoms with Gasteiger partial charge in [0.25, 0.3) is 0 Å². The molecule has 0 spiro atoms. The Hall–Kier alpha value is -1.10. The molecule has 5 aliphatic rings. The van der Waals surface area contributed by atoms with Gasteiger partial charge in [-0.1, -0.05) is 26.7 Å². The summed E-state index contributed by atoms with van der Waals surface area (Å²) in [6, 6.07) is -1.36. The molecule has 7 nitrogen and oxygen atoms in total. The molecule has 3 saturated heterocycles. The molecule has 5 fully saturated rings. The molecule has 0 bridgehead atoms. The molecule has 0 radical (unpaired) electrons. The molecule has 37 heavy (non-hydrogen) atoms. The Kier molecular flexibility index (Phi) is 8.03. The van der Waals surface area contributed by atoms with Gasteiger partial charge in [0.2, 0.25) is 0 Å². The van der Waals surface area contributed by atoms with Crippen molar-refractivity contribution in [2.24, 2.45) is 23.7 Å².